The third-order valence-corrected chi connectivity index (χ3v) is 23.2. The fourth-order valence-electron chi connectivity index (χ4n) is 16.0. The Morgan fingerprint density at radius 1 is 0.640 bits per heavy atom. The fourth-order valence-corrected chi connectivity index (χ4v) is 16.3. The van der Waals surface area contributed by atoms with Gasteiger partial charge >= 0.3 is 6.18 Å². The molecule has 3 aliphatic carbocycles. The molecule has 7 fully saturated rings. The number of carbonyl (C=O) groups is 12. The van der Waals surface area contributed by atoms with Crippen LogP contribution in [0, 0.1) is 23.7 Å². The Bertz CT molecular complexity index is 3190. The van der Waals surface area contributed by atoms with Gasteiger partial charge in [-0.15, -0.1) is 0 Å². The quantitative estimate of drug-likeness (QED) is 0.238. The van der Waals surface area contributed by atoms with Gasteiger partial charge in [-0.05, 0) is 125 Å². The maximum absolute atomic E-state index is 15.6. The van der Waals surface area contributed by atoms with Gasteiger partial charge in [-0.1, -0.05) is 110 Å². The smallest absolute Gasteiger partial charge is 0.343 e. The lowest BCUT2D eigenvalue weighted by Gasteiger charge is -2.45. The molecule has 3 N–H and O–H groups in total. The minimum absolute atomic E-state index is 0.0252. The number of hydrogen-bond acceptors (Lipinski definition) is 12. The predicted octanol–water partition coefficient (Wildman–Crippen LogP) is 5.78. The van der Waals surface area contributed by atoms with Gasteiger partial charge in [-0.25, -0.2) is 0 Å². The van der Waals surface area contributed by atoms with Crippen molar-refractivity contribution in [2.24, 2.45) is 23.7 Å². The van der Waals surface area contributed by atoms with E-state index < -0.39 is 166 Å². The zero-order chi connectivity index (χ0) is 73.4. The molecule has 8 rings (SSSR count). The molecule has 1 aromatic carbocycles. The molecule has 28 heteroatoms. The number of halogens is 4. The van der Waals surface area contributed by atoms with E-state index >= 15 is 19.2 Å². The van der Waals surface area contributed by atoms with E-state index in [0.29, 0.717) is 63.6 Å². The highest BCUT2D eigenvalue weighted by Crippen LogP contribution is 2.39. The van der Waals surface area contributed by atoms with Crippen LogP contribution in [0.15, 0.2) is 18.2 Å². The van der Waals surface area contributed by atoms with E-state index in [4.69, 9.17) is 11.6 Å². The summed E-state index contributed by atoms with van der Waals surface area (Å²) in [5.74, 6) is -8.46. The first-order valence-electron chi connectivity index (χ1n) is 36.5. The molecule has 1 spiro atoms. The zero-order valence-corrected chi connectivity index (χ0v) is 61.2. The largest absolute Gasteiger partial charge is 0.417 e. The number of likely N-dealkylation sites (tertiary alicyclic amines) is 1. The Morgan fingerprint density at radius 3 is 1.86 bits per heavy atom. The number of nitrogens with zero attached hydrogens (tertiary/aromatic N) is 9. The van der Waals surface area contributed by atoms with E-state index in [9.17, 15) is 51.5 Å². The minimum Gasteiger partial charge on any atom is -0.343 e. The van der Waals surface area contributed by atoms with Gasteiger partial charge < -0.3 is 60.0 Å². The lowest BCUT2D eigenvalue weighted by Crippen LogP contribution is -2.65. The van der Waals surface area contributed by atoms with Crippen LogP contribution in [0.25, 0.3) is 0 Å². The van der Waals surface area contributed by atoms with Gasteiger partial charge in [0.25, 0.3) is 0 Å². The third kappa shape index (κ3) is 17.9. The van der Waals surface area contributed by atoms with Crippen LogP contribution in [0.1, 0.15) is 187 Å². The summed E-state index contributed by atoms with van der Waals surface area (Å²) in [5, 5.41) is 8.22. The van der Waals surface area contributed by atoms with Crippen molar-refractivity contribution in [3.05, 3.63) is 34.3 Å². The van der Waals surface area contributed by atoms with Crippen LogP contribution >= 0.6 is 11.6 Å². The van der Waals surface area contributed by atoms with Crippen molar-refractivity contribution in [1.82, 2.24) is 60.0 Å². The number of nitrogens with one attached hydrogen (secondary N) is 3. The summed E-state index contributed by atoms with van der Waals surface area (Å²) in [6, 6.07) is -7.65. The number of rotatable bonds is 11. The van der Waals surface area contributed by atoms with Crippen LogP contribution < -0.4 is 16.0 Å². The average molecular weight is 1430 g/mol. The predicted molar refractivity (Wildman–Crippen MR) is 367 cm³/mol. The molecule has 0 unspecified atom stereocenters. The minimum atomic E-state index is -4.76. The van der Waals surface area contributed by atoms with E-state index in [1.807, 2.05) is 20.8 Å². The molecule has 0 bridgehead atoms. The molecule has 10 atom stereocenters. The Kier molecular flexibility index (Phi) is 26.6. The monoisotopic (exact) mass is 1420 g/mol. The first kappa shape index (κ1) is 78.7. The summed E-state index contributed by atoms with van der Waals surface area (Å²) in [5.41, 5.74) is -2.32. The van der Waals surface area contributed by atoms with Gasteiger partial charge in [0.15, 0.2) is 0 Å². The lowest BCUT2D eigenvalue weighted by atomic mass is 9.84. The molecule has 0 aromatic heterocycles. The average Bonchev–Trinajstić information content (AvgIpc) is 1.37. The van der Waals surface area contributed by atoms with Crippen molar-refractivity contribution < 1.29 is 70.7 Å². The van der Waals surface area contributed by atoms with Crippen molar-refractivity contribution in [3.8, 4) is 0 Å². The number of amides is 12. The molecule has 100 heavy (non-hydrogen) atoms. The van der Waals surface area contributed by atoms with Crippen molar-refractivity contribution in [1.29, 1.82) is 0 Å². The highest BCUT2D eigenvalue weighted by molar-refractivity contribution is 6.31. The van der Waals surface area contributed by atoms with E-state index in [1.165, 1.54) is 89.6 Å². The number of fused-ring (bicyclic) bond motifs is 2. The van der Waals surface area contributed by atoms with Gasteiger partial charge in [0.1, 0.15) is 59.9 Å². The topological polar surface area (TPSA) is 270 Å². The summed E-state index contributed by atoms with van der Waals surface area (Å²) < 4.78 is 41.7. The molecule has 4 heterocycles. The molecular weight excluding hydrogens is 1320 g/mol. The number of likely N-dealkylation sites (N-methyl/N-ethyl adjacent to an activating group) is 6. The SMILES string of the molecule is CC[C@H](C)[C@@H]1NC(=O)[C@H](CC(C)C)N(C)C(=O)C[C@@H](C(=O)N2CCC2)N(C)C(=O)[C@H](C2CCCC2)N(C)C(=O)C2(CCCC2)NC(=O)[C@@H]2CCCN2C(=O)[C@H](CCc2ccc(C(F)(F)F)c(Cl)c2)NC(=O)CN(C)C(=O)[C@H](CC2CCCCC2)N(C)C(=O)[C@@H]2CCN2C(=O)[C@H](C)N(C)C1=O. The number of hydrogen-bond donors (Lipinski definition) is 3. The molecule has 4 saturated heterocycles. The molecule has 0 radical (unpaired) electrons. The second kappa shape index (κ2) is 33.8. The first-order valence-corrected chi connectivity index (χ1v) is 36.8. The molecule has 3 saturated carbocycles. The number of alkyl halides is 3. The maximum atomic E-state index is 15.6. The third-order valence-electron chi connectivity index (χ3n) is 22.9. The molecule has 1 aromatic rings. The Balaban J connectivity index is 1.17. The number of carbonyl (C=O) groups excluding carboxylic acids is 12. The molecule has 24 nitrogen and oxygen atoms in total. The van der Waals surface area contributed by atoms with Crippen molar-refractivity contribution in [2.75, 3.05) is 75.0 Å². The van der Waals surface area contributed by atoms with Crippen LogP contribution in [0.5, 0.6) is 0 Å². The van der Waals surface area contributed by atoms with Crippen LogP contribution in [-0.4, -0.2) is 250 Å². The van der Waals surface area contributed by atoms with Gasteiger partial charge in [0.2, 0.25) is 70.9 Å². The van der Waals surface area contributed by atoms with Crippen LogP contribution in [0.3, 0.4) is 0 Å². The Morgan fingerprint density at radius 2 is 1.28 bits per heavy atom. The molecule has 556 valence electrons. The van der Waals surface area contributed by atoms with Gasteiger partial charge in [-0.2, -0.15) is 13.2 Å². The number of aryl methyl sites for hydroxylation is 1. The summed E-state index contributed by atoms with van der Waals surface area (Å²) in [7, 11) is 8.71. The van der Waals surface area contributed by atoms with Crippen LogP contribution in [0.2, 0.25) is 5.02 Å². The van der Waals surface area contributed by atoms with E-state index in [-0.39, 0.29) is 82.2 Å². The lowest BCUT2D eigenvalue weighted by molar-refractivity contribution is -0.160. The van der Waals surface area contributed by atoms with Crippen LogP contribution in [0.4, 0.5) is 13.2 Å². The standard InChI is InChI=1S/C72H108ClF3N12O12/c1-12-44(4)59-68(98)81(7)45(5)63(93)88-37-31-53(88)66(96)83(9)55(40-46-22-14-13-15-23-46)65(95)80(6)42-57(89)77-51(30-28-47-27-29-49(50(73)39-47)72(74,75)76)64(94)87-36-20-26-52(87)62(92)79-71(32-18-19-33-71)70(100)85(11)60(48-24-16-17-25-48)69(99)84(10)56(67(97)86-34-21-35-86)41-58(90)82(8)54(38-43(2)3)61(91)78-59/h27,29,39,43-46,48,51-56,59-60H,12-26,28,30-38,40-42H2,1-11H3,(H,77,89)(H,78,91)(H,79,92)/t44-,45-,51-,52-,53-,54-,55-,56-,59-,60-/m0/s1. The van der Waals surface area contributed by atoms with E-state index in [0.717, 1.165) is 62.0 Å². The first-order chi connectivity index (χ1) is 47.2. The Hall–Kier alpha value is -7.06. The van der Waals surface area contributed by atoms with Gasteiger partial charge in [0.05, 0.1) is 23.6 Å². The molecule has 7 aliphatic rings. The van der Waals surface area contributed by atoms with Crippen LogP contribution in [-0.2, 0) is 70.1 Å². The highest BCUT2D eigenvalue weighted by Gasteiger charge is 2.52. The summed E-state index contributed by atoms with van der Waals surface area (Å²) >= 11 is 6.17. The maximum Gasteiger partial charge on any atom is 0.417 e. The van der Waals surface area contributed by atoms with Crippen molar-refractivity contribution in [3.63, 3.8) is 0 Å². The second-order valence-corrected chi connectivity index (χ2v) is 30.5. The molecule has 4 aliphatic heterocycles. The Labute approximate surface area is 592 Å². The van der Waals surface area contributed by atoms with Crippen molar-refractivity contribution in [2.45, 2.75) is 248 Å². The van der Waals surface area contributed by atoms with Crippen molar-refractivity contribution >= 4 is 82.5 Å². The van der Waals surface area contributed by atoms with E-state index in [2.05, 4.69) is 16.0 Å². The van der Waals surface area contributed by atoms with Gasteiger partial charge in [0, 0.05) is 68.5 Å². The zero-order valence-electron chi connectivity index (χ0n) is 60.5. The fraction of sp³-hybridized carbons (Fsp3) is 0.750. The summed E-state index contributed by atoms with van der Waals surface area (Å²) in [6.45, 7) is 9.23. The molecule has 12 amide bonds. The number of benzene rings is 1. The summed E-state index contributed by atoms with van der Waals surface area (Å²) in [6.07, 6.45) is 4.99. The van der Waals surface area contributed by atoms with Gasteiger partial charge in [-0.3, -0.25) is 57.5 Å². The van der Waals surface area contributed by atoms with E-state index in [1.54, 1.807) is 11.8 Å². The highest BCUT2D eigenvalue weighted by atomic mass is 35.5. The normalized spacial score (nSPS) is 28.5. The second-order valence-electron chi connectivity index (χ2n) is 30.1. The summed E-state index contributed by atoms with van der Waals surface area (Å²) in [4.78, 5) is 192. The molecular formula is C72H108ClF3N12O12.